The molecule has 0 saturated carbocycles. The van der Waals surface area contributed by atoms with Crippen LogP contribution in [0.1, 0.15) is 0 Å². The highest BCUT2D eigenvalue weighted by molar-refractivity contribution is 5.15. The third kappa shape index (κ3) is 5.24. The Hall–Kier alpha value is -0.630. The van der Waals surface area contributed by atoms with E-state index in [9.17, 15) is 0 Å². The smallest absolute Gasteiger partial charge is 0.161 e. The highest BCUT2D eigenvalue weighted by Crippen LogP contribution is 1.75. The molecule has 0 spiro atoms. The lowest BCUT2D eigenvalue weighted by molar-refractivity contribution is -0.447. The first-order valence-corrected chi connectivity index (χ1v) is 3.01. The largest absolute Gasteiger partial charge is 0.303 e. The molecule has 0 N–H and O–H groups in total. The average molecular weight is 127 g/mol. The minimum absolute atomic E-state index is 0.941. The van der Waals surface area contributed by atoms with Gasteiger partial charge >= 0.3 is 0 Å². The van der Waals surface area contributed by atoms with Gasteiger partial charge in [-0.2, -0.15) is 0 Å². The molecule has 0 aromatic carbocycles. The highest BCUT2D eigenvalue weighted by atomic mass is 15.1. The van der Waals surface area contributed by atoms with Crippen molar-refractivity contribution in [1.29, 1.82) is 0 Å². The third-order valence-corrected chi connectivity index (χ3v) is 1.09. The Morgan fingerprint density at radius 2 is 2.11 bits per heavy atom. The van der Waals surface area contributed by atoms with Gasteiger partial charge in [0.1, 0.15) is 6.72 Å². The molecule has 0 bridgehead atoms. The molecule has 9 heavy (non-hydrogen) atoms. The molecular weight excluding hydrogens is 112 g/mol. The van der Waals surface area contributed by atoms with Gasteiger partial charge in [-0.25, -0.2) is 4.58 Å². The van der Waals surface area contributed by atoms with Crippen molar-refractivity contribution < 1.29 is 4.58 Å². The highest BCUT2D eigenvalue weighted by Gasteiger charge is 1.94. The maximum absolute atomic E-state index is 3.72. The predicted octanol–water partition coefficient (Wildman–Crippen LogP) is 0.405. The molecule has 0 amide bonds. The van der Waals surface area contributed by atoms with Crippen LogP contribution in [0.25, 0.3) is 0 Å². The maximum atomic E-state index is 3.72. The summed E-state index contributed by atoms with van der Waals surface area (Å²) in [7, 11) is 4.08. The van der Waals surface area contributed by atoms with E-state index in [1.54, 1.807) is 6.20 Å². The normalized spacial score (nSPS) is 9.67. The van der Waals surface area contributed by atoms with Crippen LogP contribution in [0.4, 0.5) is 0 Å². The maximum Gasteiger partial charge on any atom is 0.161 e. The van der Waals surface area contributed by atoms with Crippen LogP contribution in [0.2, 0.25) is 0 Å². The van der Waals surface area contributed by atoms with Gasteiger partial charge in [0.15, 0.2) is 12.7 Å². The molecule has 0 aliphatic heterocycles. The zero-order chi connectivity index (χ0) is 7.28. The summed E-state index contributed by atoms with van der Waals surface area (Å²) >= 11 is 0. The second kappa shape index (κ2) is 4.27. The van der Waals surface area contributed by atoms with Crippen molar-refractivity contribution in [2.45, 2.75) is 0 Å². The summed E-state index contributed by atoms with van der Waals surface area (Å²) in [6, 6.07) is 0. The molecule has 0 atom stereocenters. The van der Waals surface area contributed by atoms with Gasteiger partial charge in [0.05, 0.1) is 6.54 Å². The Balaban J connectivity index is 3.27. The molecule has 0 unspecified atom stereocenters. The summed E-state index contributed by atoms with van der Waals surface area (Å²) in [6.07, 6.45) is 1.73. The second-order valence-corrected chi connectivity index (χ2v) is 2.30. The lowest BCUT2D eigenvalue weighted by Crippen LogP contribution is -2.21. The first-order valence-electron chi connectivity index (χ1n) is 3.01. The Morgan fingerprint density at radius 3 is 2.44 bits per heavy atom. The summed E-state index contributed by atoms with van der Waals surface area (Å²) in [6.45, 7) is 9.26. The predicted molar refractivity (Wildman–Crippen MR) is 41.0 cm³/mol. The van der Waals surface area contributed by atoms with E-state index < -0.39 is 0 Å². The monoisotopic (exact) mass is 127 g/mol. The molecule has 0 radical (unpaired) electrons. The molecule has 0 saturated heterocycles. The van der Waals surface area contributed by atoms with Crippen LogP contribution in [0, 0.1) is 0 Å². The van der Waals surface area contributed by atoms with Gasteiger partial charge in [-0.3, -0.25) is 0 Å². The Morgan fingerprint density at radius 1 is 1.56 bits per heavy atom. The summed E-state index contributed by atoms with van der Waals surface area (Å²) in [5.74, 6) is 0. The number of nitrogens with zero attached hydrogens (tertiary/aromatic N) is 2. The first kappa shape index (κ1) is 8.37. The second-order valence-electron chi connectivity index (χ2n) is 2.30. The minimum Gasteiger partial charge on any atom is -0.303 e. The quantitative estimate of drug-likeness (QED) is 0.391. The van der Waals surface area contributed by atoms with E-state index >= 15 is 0 Å². The van der Waals surface area contributed by atoms with Crippen molar-refractivity contribution in [3.8, 4) is 0 Å². The van der Waals surface area contributed by atoms with Gasteiger partial charge in [0.2, 0.25) is 0 Å². The van der Waals surface area contributed by atoms with Gasteiger partial charge in [-0.05, 0) is 20.7 Å². The SMILES string of the molecule is C=C[N+](=C)CCN(C)C. The fourth-order valence-electron chi connectivity index (χ4n) is 0.420. The van der Waals surface area contributed by atoms with E-state index in [-0.39, 0.29) is 0 Å². The van der Waals surface area contributed by atoms with Crippen LogP contribution in [-0.4, -0.2) is 43.4 Å². The van der Waals surface area contributed by atoms with Crippen molar-refractivity contribution in [3.05, 3.63) is 12.8 Å². The molecule has 2 nitrogen and oxygen atoms in total. The van der Waals surface area contributed by atoms with E-state index in [1.165, 1.54) is 0 Å². The van der Waals surface area contributed by atoms with Gasteiger partial charge < -0.3 is 4.90 Å². The van der Waals surface area contributed by atoms with Gasteiger partial charge in [0.25, 0.3) is 0 Å². The van der Waals surface area contributed by atoms with Crippen LogP contribution in [0.15, 0.2) is 12.8 Å². The number of rotatable bonds is 4. The topological polar surface area (TPSA) is 6.25 Å². The Bertz CT molecular complexity index is 105. The van der Waals surface area contributed by atoms with Gasteiger partial charge in [-0.1, -0.05) is 0 Å². The Labute approximate surface area is 57.1 Å². The van der Waals surface area contributed by atoms with Crippen LogP contribution in [0.3, 0.4) is 0 Å². The fourth-order valence-corrected chi connectivity index (χ4v) is 0.420. The molecule has 0 rings (SSSR count). The number of hydrogen-bond acceptors (Lipinski definition) is 1. The summed E-state index contributed by atoms with van der Waals surface area (Å²) in [5, 5.41) is 0. The molecule has 0 aliphatic carbocycles. The lowest BCUT2D eigenvalue weighted by Gasteiger charge is -2.04. The molecule has 2 heteroatoms. The summed E-state index contributed by atoms with van der Waals surface area (Å²) in [5.41, 5.74) is 0. The molecular formula is C7H15N2+. The number of hydrogen-bond donors (Lipinski definition) is 0. The van der Waals surface area contributed by atoms with E-state index in [4.69, 9.17) is 0 Å². The Kier molecular flexibility index (Phi) is 3.97. The van der Waals surface area contributed by atoms with E-state index in [1.807, 2.05) is 18.7 Å². The molecule has 0 aliphatic rings. The summed E-state index contributed by atoms with van der Waals surface area (Å²) < 4.78 is 1.82. The van der Waals surface area contributed by atoms with Crippen LogP contribution in [0.5, 0.6) is 0 Å². The van der Waals surface area contributed by atoms with Crippen molar-refractivity contribution in [3.63, 3.8) is 0 Å². The standard InChI is InChI=1S/C7H15N2/c1-5-9(4)7-6-8(2)3/h5H,1,4,6-7H2,2-3H3/q+1. The van der Waals surface area contributed by atoms with Crippen molar-refractivity contribution >= 4 is 6.72 Å². The van der Waals surface area contributed by atoms with Crippen LogP contribution in [-0.2, 0) is 0 Å². The van der Waals surface area contributed by atoms with Crippen molar-refractivity contribution in [2.75, 3.05) is 27.2 Å². The van der Waals surface area contributed by atoms with Gasteiger partial charge in [0, 0.05) is 0 Å². The van der Waals surface area contributed by atoms with E-state index in [2.05, 4.69) is 18.2 Å². The molecule has 0 fully saturated rings. The first-order chi connectivity index (χ1) is 4.16. The van der Waals surface area contributed by atoms with Crippen molar-refractivity contribution in [2.24, 2.45) is 0 Å². The van der Waals surface area contributed by atoms with Crippen LogP contribution >= 0.6 is 0 Å². The fraction of sp³-hybridized carbons (Fsp3) is 0.571. The van der Waals surface area contributed by atoms with Crippen molar-refractivity contribution in [1.82, 2.24) is 4.90 Å². The average Bonchev–Trinajstić information content (AvgIpc) is 1.83. The minimum atomic E-state index is 0.941. The summed E-state index contributed by atoms with van der Waals surface area (Å²) in [4.78, 5) is 2.11. The van der Waals surface area contributed by atoms with Gasteiger partial charge in [-0.15, -0.1) is 0 Å². The van der Waals surface area contributed by atoms with Crippen LogP contribution < -0.4 is 0 Å². The van der Waals surface area contributed by atoms with E-state index in [0.29, 0.717) is 0 Å². The van der Waals surface area contributed by atoms with E-state index in [0.717, 1.165) is 13.1 Å². The zero-order valence-corrected chi connectivity index (χ0v) is 6.30. The third-order valence-electron chi connectivity index (χ3n) is 1.09. The molecule has 52 valence electrons. The lowest BCUT2D eigenvalue weighted by atomic mass is 10.5. The zero-order valence-electron chi connectivity index (χ0n) is 6.30. The molecule has 0 aromatic heterocycles. The number of likely N-dealkylation sites (N-methyl/N-ethyl adjacent to an activating group) is 1. The molecule has 0 aromatic rings. The molecule has 0 heterocycles.